The van der Waals surface area contributed by atoms with Gasteiger partial charge in [-0.05, 0) is 25.0 Å². The van der Waals surface area contributed by atoms with Crippen molar-refractivity contribution in [2.24, 2.45) is 0 Å². The first kappa shape index (κ1) is 18.5. The Morgan fingerprint density at radius 1 is 1.21 bits per heavy atom. The number of carbonyl (C=O) groups excluding carboxylic acids is 2. The van der Waals surface area contributed by atoms with E-state index >= 15 is 0 Å². The number of ether oxygens (including phenoxy) is 1. The maximum atomic E-state index is 8.24. The van der Waals surface area contributed by atoms with E-state index in [9.17, 15) is 0 Å². The minimum absolute atomic E-state index is 0.500. The first-order chi connectivity index (χ1) is 6.67. The highest BCUT2D eigenvalue weighted by Crippen LogP contribution is 2.03. The molecule has 0 aliphatic rings. The Morgan fingerprint density at radius 2 is 1.57 bits per heavy atom. The number of methoxy groups -OCH3 is 1. The SMILES string of the molecule is CCCC(CC)OC.[N-]=C=O.[N-]=C=O. The molecule has 0 aromatic rings. The second-order valence-corrected chi connectivity index (χ2v) is 2.24. The van der Waals surface area contributed by atoms with Crippen molar-refractivity contribution in [3.05, 3.63) is 10.8 Å². The lowest BCUT2D eigenvalue weighted by molar-refractivity contribution is 0.0915. The third-order valence-corrected chi connectivity index (χ3v) is 1.40. The van der Waals surface area contributed by atoms with E-state index in [1.165, 1.54) is 12.8 Å². The first-order valence-electron chi connectivity index (χ1n) is 4.23. The predicted molar refractivity (Wildman–Crippen MR) is 54.1 cm³/mol. The average molecular weight is 200 g/mol. The highest BCUT2D eigenvalue weighted by atomic mass is 16.5. The van der Waals surface area contributed by atoms with Gasteiger partial charge in [0.05, 0.1) is 6.10 Å². The average Bonchev–Trinajstić information content (AvgIpc) is 2.17. The van der Waals surface area contributed by atoms with Crippen LogP contribution in [-0.2, 0) is 14.3 Å². The van der Waals surface area contributed by atoms with Crippen molar-refractivity contribution >= 4 is 12.2 Å². The summed E-state index contributed by atoms with van der Waals surface area (Å²) in [6.07, 6.45) is 5.07. The number of nitrogens with zero attached hydrogens (tertiary/aromatic N) is 2. The summed E-state index contributed by atoms with van der Waals surface area (Å²) in [5, 5.41) is 13.5. The molecule has 0 saturated heterocycles. The van der Waals surface area contributed by atoms with Crippen molar-refractivity contribution < 1.29 is 14.3 Å². The molecule has 0 aromatic carbocycles. The summed E-state index contributed by atoms with van der Waals surface area (Å²) in [5.41, 5.74) is 0. The fourth-order valence-corrected chi connectivity index (χ4v) is 0.811. The lowest BCUT2D eigenvalue weighted by Crippen LogP contribution is -2.07. The molecule has 5 heteroatoms. The van der Waals surface area contributed by atoms with E-state index in [1.807, 2.05) is 0 Å². The zero-order valence-corrected chi connectivity index (χ0v) is 8.82. The zero-order valence-electron chi connectivity index (χ0n) is 8.82. The largest absolute Gasteiger partial charge is 0.724 e. The van der Waals surface area contributed by atoms with Crippen molar-refractivity contribution in [3.63, 3.8) is 0 Å². The lowest BCUT2D eigenvalue weighted by atomic mass is 10.2. The molecule has 0 radical (unpaired) electrons. The fourth-order valence-electron chi connectivity index (χ4n) is 0.811. The van der Waals surface area contributed by atoms with E-state index in [-0.39, 0.29) is 0 Å². The van der Waals surface area contributed by atoms with Crippen LogP contribution in [0, 0.1) is 0 Å². The molecule has 1 unspecified atom stereocenters. The molecule has 0 aliphatic heterocycles. The molecule has 0 saturated carbocycles. The Morgan fingerprint density at radius 3 is 1.64 bits per heavy atom. The molecule has 0 rings (SSSR count). The minimum atomic E-state index is 0.500. The molecule has 0 N–H and O–H groups in total. The molecule has 0 bridgehead atoms. The molecule has 0 spiro atoms. The summed E-state index contributed by atoms with van der Waals surface area (Å²) in [6, 6.07) is 0. The molecule has 5 nitrogen and oxygen atoms in total. The Balaban J connectivity index is -0.000000168. The van der Waals surface area contributed by atoms with Gasteiger partial charge in [-0.15, -0.1) is 0 Å². The van der Waals surface area contributed by atoms with Gasteiger partial charge >= 0.3 is 0 Å². The summed E-state index contributed by atoms with van der Waals surface area (Å²) in [4.78, 5) is 16.5. The molecule has 0 fully saturated rings. The molecular weight excluding hydrogens is 184 g/mol. The molecule has 0 heterocycles. The van der Waals surface area contributed by atoms with Gasteiger partial charge in [0.25, 0.3) is 0 Å². The standard InChI is InChI=1S/C7H16O.2CNO/c1-4-6-7(5-2)8-3;2*2-1-3/h7H,4-6H2,1-3H3;;/q;2*-1. The van der Waals surface area contributed by atoms with Crippen LogP contribution in [0.5, 0.6) is 0 Å². The third-order valence-electron chi connectivity index (χ3n) is 1.40. The van der Waals surface area contributed by atoms with Gasteiger partial charge in [-0.3, -0.25) is 9.59 Å². The smallest absolute Gasteiger partial charge is 0.0568 e. The Kier molecular flexibility index (Phi) is 29.9. The van der Waals surface area contributed by atoms with E-state index in [0.717, 1.165) is 6.42 Å². The third kappa shape index (κ3) is 31.0. The highest BCUT2D eigenvalue weighted by molar-refractivity contribution is 5.37. The Labute approximate surface area is 84.5 Å². The number of hydrogen-bond acceptors (Lipinski definition) is 3. The molecular formula is C9H16N2O3-2. The summed E-state index contributed by atoms with van der Waals surface area (Å²) in [5.74, 6) is 0. The van der Waals surface area contributed by atoms with Crippen LogP contribution in [0.25, 0.3) is 10.8 Å². The van der Waals surface area contributed by atoms with E-state index < -0.39 is 0 Å². The second-order valence-electron chi connectivity index (χ2n) is 2.24. The highest BCUT2D eigenvalue weighted by Gasteiger charge is 1.99. The number of isocyanates is 2. The normalized spacial score (nSPS) is 9.07. The van der Waals surface area contributed by atoms with Crippen LogP contribution in [-0.4, -0.2) is 25.4 Å². The molecule has 0 amide bonds. The van der Waals surface area contributed by atoms with E-state index in [1.54, 1.807) is 7.11 Å². The van der Waals surface area contributed by atoms with Gasteiger partial charge in [-0.1, -0.05) is 20.3 Å². The molecule has 14 heavy (non-hydrogen) atoms. The summed E-state index contributed by atoms with van der Waals surface area (Å²) in [7, 11) is 1.78. The van der Waals surface area contributed by atoms with Crippen LogP contribution in [0.2, 0.25) is 0 Å². The maximum Gasteiger partial charge on any atom is 0.0568 e. The zero-order chi connectivity index (χ0) is 11.8. The molecule has 1 atom stereocenters. The Bertz CT molecular complexity index is 143. The monoisotopic (exact) mass is 200 g/mol. The van der Waals surface area contributed by atoms with Gasteiger partial charge in [0, 0.05) is 7.11 Å². The van der Waals surface area contributed by atoms with Crippen LogP contribution in [0.15, 0.2) is 0 Å². The lowest BCUT2D eigenvalue weighted by Gasteiger charge is -2.09. The van der Waals surface area contributed by atoms with Crippen molar-refractivity contribution in [2.75, 3.05) is 7.11 Å². The van der Waals surface area contributed by atoms with E-state index in [0.29, 0.717) is 18.3 Å². The van der Waals surface area contributed by atoms with Gasteiger partial charge in [0.1, 0.15) is 0 Å². The van der Waals surface area contributed by atoms with Crippen LogP contribution in [0.1, 0.15) is 33.1 Å². The van der Waals surface area contributed by atoms with Gasteiger partial charge in [0.2, 0.25) is 0 Å². The minimum Gasteiger partial charge on any atom is -0.724 e. The Hall–Kier alpha value is -1.28. The van der Waals surface area contributed by atoms with Gasteiger partial charge < -0.3 is 15.6 Å². The van der Waals surface area contributed by atoms with Crippen LogP contribution in [0.3, 0.4) is 0 Å². The summed E-state index contributed by atoms with van der Waals surface area (Å²) < 4.78 is 5.14. The fraction of sp³-hybridized carbons (Fsp3) is 0.778. The molecule has 0 aliphatic carbocycles. The maximum absolute atomic E-state index is 8.24. The van der Waals surface area contributed by atoms with E-state index in [2.05, 4.69) is 13.8 Å². The van der Waals surface area contributed by atoms with Crippen LogP contribution < -0.4 is 0 Å². The van der Waals surface area contributed by atoms with Crippen LogP contribution >= 0.6 is 0 Å². The van der Waals surface area contributed by atoms with Gasteiger partial charge in [-0.2, -0.15) is 0 Å². The van der Waals surface area contributed by atoms with E-state index in [4.69, 9.17) is 25.1 Å². The van der Waals surface area contributed by atoms with Crippen molar-refractivity contribution in [3.8, 4) is 0 Å². The first-order valence-corrected chi connectivity index (χ1v) is 4.23. The predicted octanol–water partition coefficient (Wildman–Crippen LogP) is 1.99. The summed E-state index contributed by atoms with van der Waals surface area (Å²) in [6.45, 7) is 4.34. The van der Waals surface area contributed by atoms with Gasteiger partial charge in [-0.25, -0.2) is 0 Å². The topological polar surface area (TPSA) is 88.0 Å². The molecule has 82 valence electrons. The summed E-state index contributed by atoms with van der Waals surface area (Å²) >= 11 is 0. The van der Waals surface area contributed by atoms with Crippen molar-refractivity contribution in [1.82, 2.24) is 0 Å². The van der Waals surface area contributed by atoms with Crippen LogP contribution in [0.4, 0.5) is 0 Å². The van der Waals surface area contributed by atoms with Gasteiger partial charge in [0.15, 0.2) is 0 Å². The molecule has 0 aromatic heterocycles. The van der Waals surface area contributed by atoms with Crippen molar-refractivity contribution in [2.45, 2.75) is 39.2 Å². The number of rotatable bonds is 4. The van der Waals surface area contributed by atoms with Crippen molar-refractivity contribution in [1.29, 1.82) is 0 Å². The number of hydrogen-bond donors (Lipinski definition) is 0. The quantitative estimate of drug-likeness (QED) is 0.513. The second kappa shape index (κ2) is 22.6.